The van der Waals surface area contributed by atoms with E-state index in [0.29, 0.717) is 6.79 Å². The molecule has 0 fully saturated rings. The van der Waals surface area contributed by atoms with Crippen LogP contribution >= 0.6 is 0 Å². The lowest BCUT2D eigenvalue weighted by Gasteiger charge is -2.11. The molecule has 0 aliphatic carbocycles. The lowest BCUT2D eigenvalue weighted by atomic mass is 10.1. The fraction of sp³-hybridized carbons (Fsp3) is 0.571. The number of ether oxygens (including phenoxy) is 2. The van der Waals surface area contributed by atoms with Gasteiger partial charge in [0.2, 0.25) is 6.79 Å². The van der Waals surface area contributed by atoms with E-state index in [2.05, 4.69) is 31.3 Å². The number of hydrogen-bond donors (Lipinski definition) is 1. The average molecular weight is 235 g/mol. The lowest BCUT2D eigenvalue weighted by Crippen LogP contribution is -2.20. The zero-order valence-electron chi connectivity index (χ0n) is 10.7. The molecular weight excluding hydrogens is 214 g/mol. The fourth-order valence-corrected chi connectivity index (χ4v) is 2.11. The van der Waals surface area contributed by atoms with Crippen molar-refractivity contribution in [2.24, 2.45) is 5.92 Å². The van der Waals surface area contributed by atoms with Gasteiger partial charge in [-0.25, -0.2) is 0 Å². The van der Waals surface area contributed by atoms with Crippen molar-refractivity contribution in [1.29, 1.82) is 0 Å². The van der Waals surface area contributed by atoms with Gasteiger partial charge in [-0.3, -0.25) is 0 Å². The summed E-state index contributed by atoms with van der Waals surface area (Å²) in [5.41, 5.74) is 1.25. The van der Waals surface area contributed by atoms with Gasteiger partial charge in [-0.1, -0.05) is 26.3 Å². The van der Waals surface area contributed by atoms with E-state index in [1.165, 1.54) is 18.4 Å². The van der Waals surface area contributed by atoms with Crippen molar-refractivity contribution in [3.05, 3.63) is 23.8 Å². The van der Waals surface area contributed by atoms with Gasteiger partial charge in [-0.15, -0.1) is 0 Å². The van der Waals surface area contributed by atoms with Crippen LogP contribution in [-0.4, -0.2) is 13.3 Å². The molecule has 94 valence electrons. The van der Waals surface area contributed by atoms with E-state index in [9.17, 15) is 0 Å². The van der Waals surface area contributed by atoms with Crippen LogP contribution in [0.5, 0.6) is 11.5 Å². The minimum Gasteiger partial charge on any atom is -0.454 e. The van der Waals surface area contributed by atoms with Crippen LogP contribution in [0.2, 0.25) is 0 Å². The summed E-state index contributed by atoms with van der Waals surface area (Å²) in [5, 5.41) is 3.48. The van der Waals surface area contributed by atoms with Crippen LogP contribution in [0, 0.1) is 5.92 Å². The second-order valence-electron chi connectivity index (χ2n) is 4.71. The minimum absolute atomic E-state index is 0.347. The highest BCUT2D eigenvalue weighted by Gasteiger charge is 2.12. The molecule has 1 aliphatic heterocycles. The van der Waals surface area contributed by atoms with E-state index in [4.69, 9.17) is 9.47 Å². The SMILES string of the molecule is CCCC(C)CNCc1ccc2c(c1)OCO2. The summed E-state index contributed by atoms with van der Waals surface area (Å²) in [4.78, 5) is 0. The number of nitrogens with one attached hydrogen (secondary N) is 1. The van der Waals surface area contributed by atoms with Crippen molar-refractivity contribution >= 4 is 0 Å². The van der Waals surface area contributed by atoms with E-state index in [0.717, 1.165) is 30.5 Å². The van der Waals surface area contributed by atoms with Crippen molar-refractivity contribution in [3.63, 3.8) is 0 Å². The van der Waals surface area contributed by atoms with Crippen LogP contribution in [0.15, 0.2) is 18.2 Å². The van der Waals surface area contributed by atoms with Crippen LogP contribution in [0.1, 0.15) is 32.3 Å². The maximum atomic E-state index is 5.36. The summed E-state index contributed by atoms with van der Waals surface area (Å²) in [7, 11) is 0. The molecule has 0 aromatic heterocycles. The second kappa shape index (κ2) is 5.92. The molecule has 1 heterocycles. The number of benzene rings is 1. The molecule has 3 nitrogen and oxygen atoms in total. The van der Waals surface area contributed by atoms with Gasteiger partial charge in [0.25, 0.3) is 0 Å². The largest absolute Gasteiger partial charge is 0.454 e. The van der Waals surface area contributed by atoms with E-state index in [1.807, 2.05) is 6.07 Å². The number of rotatable bonds is 6. The molecule has 1 aliphatic rings. The molecule has 3 heteroatoms. The molecule has 0 radical (unpaired) electrons. The molecule has 1 N–H and O–H groups in total. The molecule has 17 heavy (non-hydrogen) atoms. The maximum Gasteiger partial charge on any atom is 0.231 e. The van der Waals surface area contributed by atoms with Gasteiger partial charge < -0.3 is 14.8 Å². The Hall–Kier alpha value is -1.22. The first-order chi connectivity index (χ1) is 8.29. The van der Waals surface area contributed by atoms with Gasteiger partial charge in [0, 0.05) is 6.54 Å². The average Bonchev–Trinajstić information content (AvgIpc) is 2.76. The Balaban J connectivity index is 1.79. The van der Waals surface area contributed by atoms with E-state index < -0.39 is 0 Å². The third kappa shape index (κ3) is 3.37. The van der Waals surface area contributed by atoms with Gasteiger partial charge in [0.1, 0.15) is 0 Å². The van der Waals surface area contributed by atoms with Gasteiger partial charge in [-0.05, 0) is 36.6 Å². The van der Waals surface area contributed by atoms with Gasteiger partial charge >= 0.3 is 0 Å². The van der Waals surface area contributed by atoms with Crippen LogP contribution in [0.3, 0.4) is 0 Å². The van der Waals surface area contributed by atoms with Gasteiger partial charge in [0.15, 0.2) is 11.5 Å². The molecular formula is C14H21NO2. The van der Waals surface area contributed by atoms with E-state index in [-0.39, 0.29) is 0 Å². The summed E-state index contributed by atoms with van der Waals surface area (Å²) in [6, 6.07) is 6.12. The molecule has 1 atom stereocenters. The van der Waals surface area contributed by atoms with Crippen LogP contribution < -0.4 is 14.8 Å². The molecule has 0 spiro atoms. The van der Waals surface area contributed by atoms with Crippen LogP contribution in [0.4, 0.5) is 0 Å². The molecule has 1 unspecified atom stereocenters. The molecule has 0 saturated carbocycles. The first-order valence-corrected chi connectivity index (χ1v) is 6.39. The summed E-state index contributed by atoms with van der Waals surface area (Å²) < 4.78 is 10.6. The molecule has 0 saturated heterocycles. The summed E-state index contributed by atoms with van der Waals surface area (Å²) in [5.74, 6) is 2.47. The van der Waals surface area contributed by atoms with Crippen molar-refractivity contribution in [2.75, 3.05) is 13.3 Å². The normalized spacial score (nSPS) is 14.9. The number of fused-ring (bicyclic) bond motifs is 1. The molecule has 0 amide bonds. The van der Waals surface area contributed by atoms with Gasteiger partial charge in [-0.2, -0.15) is 0 Å². The van der Waals surface area contributed by atoms with Crippen molar-refractivity contribution in [2.45, 2.75) is 33.2 Å². The van der Waals surface area contributed by atoms with Crippen molar-refractivity contribution < 1.29 is 9.47 Å². The Morgan fingerprint density at radius 1 is 1.29 bits per heavy atom. The Morgan fingerprint density at radius 2 is 2.12 bits per heavy atom. The van der Waals surface area contributed by atoms with Crippen molar-refractivity contribution in [1.82, 2.24) is 5.32 Å². The molecule has 2 rings (SSSR count). The highest BCUT2D eigenvalue weighted by atomic mass is 16.7. The zero-order valence-corrected chi connectivity index (χ0v) is 10.7. The smallest absolute Gasteiger partial charge is 0.231 e. The summed E-state index contributed by atoms with van der Waals surface area (Å²) in [6.45, 7) is 6.83. The predicted molar refractivity (Wildman–Crippen MR) is 68.3 cm³/mol. The first-order valence-electron chi connectivity index (χ1n) is 6.39. The van der Waals surface area contributed by atoms with Crippen LogP contribution in [-0.2, 0) is 6.54 Å². The Bertz CT molecular complexity index is 365. The summed E-state index contributed by atoms with van der Waals surface area (Å²) in [6.07, 6.45) is 2.54. The molecule has 1 aromatic rings. The maximum absolute atomic E-state index is 5.36. The molecule has 0 bridgehead atoms. The Morgan fingerprint density at radius 3 is 2.94 bits per heavy atom. The zero-order chi connectivity index (χ0) is 12.1. The monoisotopic (exact) mass is 235 g/mol. The third-order valence-corrected chi connectivity index (χ3v) is 3.04. The predicted octanol–water partition coefficient (Wildman–Crippen LogP) is 2.94. The van der Waals surface area contributed by atoms with Crippen LogP contribution in [0.25, 0.3) is 0 Å². The first kappa shape index (κ1) is 12.2. The van der Waals surface area contributed by atoms with Crippen molar-refractivity contribution in [3.8, 4) is 11.5 Å². The van der Waals surface area contributed by atoms with E-state index >= 15 is 0 Å². The topological polar surface area (TPSA) is 30.5 Å². The fourth-order valence-electron chi connectivity index (χ4n) is 2.11. The lowest BCUT2D eigenvalue weighted by molar-refractivity contribution is 0.174. The van der Waals surface area contributed by atoms with Gasteiger partial charge in [0.05, 0.1) is 0 Å². The third-order valence-electron chi connectivity index (χ3n) is 3.04. The highest BCUT2D eigenvalue weighted by Crippen LogP contribution is 2.32. The second-order valence-corrected chi connectivity index (χ2v) is 4.71. The Labute approximate surface area is 103 Å². The Kier molecular flexibility index (Phi) is 4.26. The van der Waals surface area contributed by atoms with E-state index in [1.54, 1.807) is 0 Å². The quantitative estimate of drug-likeness (QED) is 0.822. The molecule has 1 aromatic carbocycles. The standard InChI is InChI=1S/C14H21NO2/c1-3-4-11(2)8-15-9-12-5-6-13-14(7-12)17-10-16-13/h5-7,11,15H,3-4,8-10H2,1-2H3. The summed E-state index contributed by atoms with van der Waals surface area (Å²) >= 11 is 0. The number of hydrogen-bond acceptors (Lipinski definition) is 3. The minimum atomic E-state index is 0.347. The highest BCUT2D eigenvalue weighted by molar-refractivity contribution is 5.44.